The summed E-state index contributed by atoms with van der Waals surface area (Å²) in [6, 6.07) is 6.05. The molecule has 2 aliphatic heterocycles. The summed E-state index contributed by atoms with van der Waals surface area (Å²) in [5, 5.41) is 2.97. The van der Waals surface area contributed by atoms with Crippen molar-refractivity contribution in [2.24, 2.45) is 11.3 Å². The van der Waals surface area contributed by atoms with Gasteiger partial charge in [0.25, 0.3) is 0 Å². The maximum Gasteiger partial charge on any atom is 0.225 e. The number of carbonyl (C=O) groups is 2. The largest absolute Gasteiger partial charge is 0.493 e. The van der Waals surface area contributed by atoms with Crippen molar-refractivity contribution in [3.05, 3.63) is 23.8 Å². The molecule has 1 aromatic rings. The van der Waals surface area contributed by atoms with Gasteiger partial charge in [0, 0.05) is 37.9 Å². The Morgan fingerprint density at radius 3 is 2.54 bits per heavy atom. The van der Waals surface area contributed by atoms with E-state index in [1.165, 1.54) is 5.56 Å². The molecule has 1 unspecified atom stereocenters. The first-order chi connectivity index (χ1) is 13.5. The van der Waals surface area contributed by atoms with Crippen molar-refractivity contribution in [3.63, 3.8) is 0 Å². The van der Waals surface area contributed by atoms with Crippen LogP contribution in [0.3, 0.4) is 0 Å². The summed E-state index contributed by atoms with van der Waals surface area (Å²) in [5.74, 6) is 2.40. The first-order valence-corrected chi connectivity index (χ1v) is 10.3. The molecule has 152 valence electrons. The number of nitrogens with one attached hydrogen (secondary N) is 1. The molecule has 6 nitrogen and oxygen atoms in total. The fourth-order valence-corrected chi connectivity index (χ4v) is 5.18. The van der Waals surface area contributed by atoms with Gasteiger partial charge >= 0.3 is 0 Å². The molecular weight excluding hydrogens is 356 g/mol. The van der Waals surface area contributed by atoms with Gasteiger partial charge in [-0.2, -0.15) is 0 Å². The zero-order chi connectivity index (χ0) is 19.7. The molecule has 0 bridgehead atoms. The van der Waals surface area contributed by atoms with Crippen molar-refractivity contribution in [3.8, 4) is 11.5 Å². The van der Waals surface area contributed by atoms with Crippen LogP contribution in [0.1, 0.15) is 50.0 Å². The van der Waals surface area contributed by atoms with Gasteiger partial charge in [-0.3, -0.25) is 9.59 Å². The van der Waals surface area contributed by atoms with E-state index in [1.54, 1.807) is 14.2 Å². The highest BCUT2D eigenvalue weighted by Gasteiger charge is 2.43. The Morgan fingerprint density at radius 1 is 1.14 bits per heavy atom. The molecule has 1 atom stereocenters. The standard InChI is InChI=1S/C22H30N2O4/c1-27-18-4-3-16(11-19(18)28-2)17-7-10-24(13-17)21(26)15-5-8-22(9-6-15)12-20(25)23-14-22/h3-4,11,15,17H,5-10,12-14H2,1-2H3,(H,23,25). The number of nitrogens with zero attached hydrogens (tertiary/aromatic N) is 1. The van der Waals surface area contributed by atoms with Crippen molar-refractivity contribution in [1.82, 2.24) is 10.2 Å². The first kappa shape index (κ1) is 19.1. The average Bonchev–Trinajstić information content (AvgIpc) is 3.35. The Balaban J connectivity index is 1.35. The van der Waals surface area contributed by atoms with Gasteiger partial charge in [0.1, 0.15) is 0 Å². The van der Waals surface area contributed by atoms with Gasteiger partial charge in [0.2, 0.25) is 11.8 Å². The third-order valence-corrected chi connectivity index (χ3v) is 6.97. The molecule has 1 aromatic carbocycles. The number of carbonyl (C=O) groups excluding carboxylic acids is 2. The minimum Gasteiger partial charge on any atom is -0.493 e. The van der Waals surface area contributed by atoms with Gasteiger partial charge in [0.05, 0.1) is 14.2 Å². The van der Waals surface area contributed by atoms with Crippen molar-refractivity contribution in [1.29, 1.82) is 0 Å². The Kier molecular flexibility index (Phi) is 5.21. The van der Waals surface area contributed by atoms with E-state index in [0.29, 0.717) is 18.2 Å². The lowest BCUT2D eigenvalue weighted by Gasteiger charge is -2.36. The highest BCUT2D eigenvalue weighted by molar-refractivity contribution is 5.80. The SMILES string of the molecule is COc1ccc(C2CCN(C(=O)C3CCC4(CC3)CNC(=O)C4)C2)cc1OC. The van der Waals surface area contributed by atoms with E-state index in [-0.39, 0.29) is 17.2 Å². The second-order valence-electron chi connectivity index (χ2n) is 8.61. The molecule has 1 N–H and O–H groups in total. The van der Waals surface area contributed by atoms with Crippen LogP contribution in [0, 0.1) is 11.3 Å². The molecule has 1 saturated carbocycles. The molecule has 28 heavy (non-hydrogen) atoms. The summed E-state index contributed by atoms with van der Waals surface area (Å²) >= 11 is 0. The van der Waals surface area contributed by atoms with Gasteiger partial charge in [0.15, 0.2) is 11.5 Å². The highest BCUT2D eigenvalue weighted by atomic mass is 16.5. The number of hydrogen-bond donors (Lipinski definition) is 1. The van der Waals surface area contributed by atoms with Crippen LogP contribution in [0.2, 0.25) is 0 Å². The monoisotopic (exact) mass is 386 g/mol. The molecule has 0 radical (unpaired) electrons. The van der Waals surface area contributed by atoms with Crippen LogP contribution in [-0.4, -0.2) is 50.6 Å². The molecule has 2 heterocycles. The van der Waals surface area contributed by atoms with Gasteiger partial charge in [-0.1, -0.05) is 6.07 Å². The molecule has 4 rings (SSSR count). The summed E-state index contributed by atoms with van der Waals surface area (Å²) in [6.07, 6.45) is 5.40. The predicted molar refractivity (Wildman–Crippen MR) is 106 cm³/mol. The molecular formula is C22H30N2O4. The van der Waals surface area contributed by atoms with Crippen LogP contribution < -0.4 is 14.8 Å². The van der Waals surface area contributed by atoms with Crippen molar-refractivity contribution in [2.45, 2.75) is 44.4 Å². The van der Waals surface area contributed by atoms with Gasteiger partial charge in [-0.25, -0.2) is 0 Å². The van der Waals surface area contributed by atoms with E-state index in [1.807, 2.05) is 17.0 Å². The van der Waals surface area contributed by atoms with E-state index in [4.69, 9.17) is 9.47 Å². The Labute approximate surface area is 166 Å². The normalized spacial score (nSPS) is 29.8. The number of methoxy groups -OCH3 is 2. The zero-order valence-corrected chi connectivity index (χ0v) is 16.8. The smallest absolute Gasteiger partial charge is 0.225 e. The van der Waals surface area contributed by atoms with E-state index in [9.17, 15) is 9.59 Å². The molecule has 3 aliphatic rings. The summed E-state index contributed by atoms with van der Waals surface area (Å²) in [7, 11) is 3.29. The van der Waals surface area contributed by atoms with Crippen LogP contribution in [0.15, 0.2) is 18.2 Å². The topological polar surface area (TPSA) is 67.9 Å². The van der Waals surface area contributed by atoms with Crippen LogP contribution in [-0.2, 0) is 9.59 Å². The maximum absolute atomic E-state index is 13.1. The van der Waals surface area contributed by atoms with E-state index >= 15 is 0 Å². The number of ether oxygens (including phenoxy) is 2. The zero-order valence-electron chi connectivity index (χ0n) is 16.8. The Morgan fingerprint density at radius 2 is 1.89 bits per heavy atom. The highest BCUT2D eigenvalue weighted by Crippen LogP contribution is 2.44. The minimum absolute atomic E-state index is 0.112. The lowest BCUT2D eigenvalue weighted by molar-refractivity contribution is -0.136. The van der Waals surface area contributed by atoms with Crippen LogP contribution in [0.5, 0.6) is 11.5 Å². The van der Waals surface area contributed by atoms with E-state index in [2.05, 4.69) is 11.4 Å². The molecule has 2 saturated heterocycles. The summed E-state index contributed by atoms with van der Waals surface area (Å²) in [4.78, 5) is 26.7. The molecule has 1 spiro atoms. The number of likely N-dealkylation sites (tertiary alicyclic amines) is 1. The second-order valence-corrected chi connectivity index (χ2v) is 8.61. The molecule has 1 aliphatic carbocycles. The van der Waals surface area contributed by atoms with Crippen LogP contribution in [0.25, 0.3) is 0 Å². The summed E-state index contributed by atoms with van der Waals surface area (Å²) in [6.45, 7) is 2.38. The third-order valence-electron chi connectivity index (χ3n) is 6.97. The van der Waals surface area contributed by atoms with Crippen LogP contribution in [0.4, 0.5) is 0 Å². The molecule has 2 amide bonds. The quantitative estimate of drug-likeness (QED) is 0.864. The summed E-state index contributed by atoms with van der Waals surface area (Å²) in [5.41, 5.74) is 1.31. The fourth-order valence-electron chi connectivity index (χ4n) is 5.18. The third kappa shape index (κ3) is 3.56. The van der Waals surface area contributed by atoms with Gasteiger partial charge in [-0.05, 0) is 55.2 Å². The number of rotatable bonds is 4. The Bertz CT molecular complexity index is 755. The maximum atomic E-state index is 13.1. The number of hydrogen-bond acceptors (Lipinski definition) is 4. The number of amides is 2. The molecule has 6 heteroatoms. The van der Waals surface area contributed by atoms with E-state index in [0.717, 1.165) is 63.2 Å². The fraction of sp³-hybridized carbons (Fsp3) is 0.636. The average molecular weight is 386 g/mol. The lowest BCUT2D eigenvalue weighted by Crippen LogP contribution is -2.39. The predicted octanol–water partition coefficient (Wildman–Crippen LogP) is 2.72. The van der Waals surface area contributed by atoms with Crippen molar-refractivity contribution in [2.75, 3.05) is 33.9 Å². The lowest BCUT2D eigenvalue weighted by atomic mass is 9.69. The molecule has 0 aromatic heterocycles. The minimum atomic E-state index is 0.112. The van der Waals surface area contributed by atoms with Crippen molar-refractivity contribution < 1.29 is 19.1 Å². The van der Waals surface area contributed by atoms with Crippen molar-refractivity contribution >= 4 is 11.8 Å². The Hall–Kier alpha value is -2.24. The van der Waals surface area contributed by atoms with Crippen LogP contribution >= 0.6 is 0 Å². The molecule has 3 fully saturated rings. The van der Waals surface area contributed by atoms with Gasteiger partial charge < -0.3 is 19.7 Å². The first-order valence-electron chi connectivity index (χ1n) is 10.3. The van der Waals surface area contributed by atoms with Gasteiger partial charge in [-0.15, -0.1) is 0 Å². The van der Waals surface area contributed by atoms with E-state index < -0.39 is 0 Å². The summed E-state index contributed by atoms with van der Waals surface area (Å²) < 4.78 is 10.7. The number of benzene rings is 1. The second kappa shape index (κ2) is 7.64.